The molecule has 0 saturated carbocycles. The van der Waals surface area contributed by atoms with Gasteiger partial charge in [0.1, 0.15) is 0 Å². The Morgan fingerprint density at radius 2 is 2.00 bits per heavy atom. The van der Waals surface area contributed by atoms with Crippen molar-refractivity contribution in [1.82, 2.24) is 24.7 Å². The van der Waals surface area contributed by atoms with Crippen molar-refractivity contribution in [1.29, 1.82) is 0 Å². The zero-order valence-corrected chi connectivity index (χ0v) is 11.4. The average Bonchev–Trinajstić information content (AvgIpc) is 2.74. The van der Waals surface area contributed by atoms with Gasteiger partial charge in [-0.15, -0.1) is 17.5 Å². The molecule has 98 valence electrons. The second-order valence-corrected chi connectivity index (χ2v) is 3.88. The van der Waals surface area contributed by atoms with Gasteiger partial charge in [-0.2, -0.15) is 9.67 Å². The highest BCUT2D eigenvalue weighted by molar-refractivity contribution is 6.30. The van der Waals surface area contributed by atoms with Crippen molar-refractivity contribution in [3.63, 3.8) is 0 Å². The number of halogens is 2. The molecule has 0 bridgehead atoms. The molecule has 2 rings (SSSR count). The lowest BCUT2D eigenvalue weighted by molar-refractivity contribution is 0.669. The topological polar surface area (TPSA) is 94.5 Å². The van der Waals surface area contributed by atoms with Gasteiger partial charge in [0, 0.05) is 7.05 Å². The summed E-state index contributed by atoms with van der Waals surface area (Å²) in [6, 6.07) is -0.274. The van der Waals surface area contributed by atoms with E-state index in [1.807, 2.05) is 6.92 Å². The minimum Gasteiger partial charge on any atom is -0.356 e. The van der Waals surface area contributed by atoms with Crippen LogP contribution in [0.25, 0.3) is 5.95 Å². The summed E-state index contributed by atoms with van der Waals surface area (Å²) in [6.45, 7) is 1.82. The molecule has 3 N–H and O–H groups in total. The molecule has 2 aromatic heterocycles. The van der Waals surface area contributed by atoms with Gasteiger partial charge in [-0.1, -0.05) is 11.6 Å². The third-order valence-electron chi connectivity index (χ3n) is 2.06. The Kier molecular flexibility index (Phi) is 4.83. The van der Waals surface area contributed by atoms with Crippen molar-refractivity contribution in [2.24, 2.45) is 5.73 Å². The first-order valence-electron chi connectivity index (χ1n) is 5.00. The van der Waals surface area contributed by atoms with Crippen LogP contribution in [-0.2, 0) is 0 Å². The van der Waals surface area contributed by atoms with Crippen LogP contribution in [-0.4, -0.2) is 31.8 Å². The number of aromatic nitrogens is 5. The maximum atomic E-state index is 5.82. The van der Waals surface area contributed by atoms with Gasteiger partial charge < -0.3 is 11.1 Å². The Bertz CT molecular complexity index is 508. The lowest BCUT2D eigenvalue weighted by Gasteiger charge is -2.05. The molecule has 1 atom stereocenters. The Hall–Kier alpha value is -1.44. The predicted molar refractivity (Wildman–Crippen MR) is 71.4 cm³/mol. The van der Waals surface area contributed by atoms with Gasteiger partial charge >= 0.3 is 0 Å². The van der Waals surface area contributed by atoms with Gasteiger partial charge in [-0.05, 0) is 6.92 Å². The van der Waals surface area contributed by atoms with E-state index in [1.54, 1.807) is 7.05 Å². The van der Waals surface area contributed by atoms with Crippen molar-refractivity contribution >= 4 is 30.0 Å². The van der Waals surface area contributed by atoms with Gasteiger partial charge in [-0.3, -0.25) is 0 Å². The van der Waals surface area contributed by atoms with Crippen LogP contribution in [0.1, 0.15) is 18.8 Å². The van der Waals surface area contributed by atoms with Crippen LogP contribution >= 0.6 is 24.0 Å². The largest absolute Gasteiger partial charge is 0.356 e. The van der Waals surface area contributed by atoms with Crippen molar-refractivity contribution in [3.05, 3.63) is 23.2 Å². The number of anilines is 1. The molecule has 0 aromatic carbocycles. The summed E-state index contributed by atoms with van der Waals surface area (Å²) in [5, 5.41) is 7.50. The smallest absolute Gasteiger partial charge is 0.252 e. The Labute approximate surface area is 115 Å². The molecule has 0 saturated heterocycles. The molecule has 0 aliphatic carbocycles. The molecule has 0 aliphatic heterocycles. The fourth-order valence-electron chi connectivity index (χ4n) is 1.29. The van der Waals surface area contributed by atoms with Crippen LogP contribution < -0.4 is 11.1 Å². The van der Waals surface area contributed by atoms with Crippen LogP contribution in [0.15, 0.2) is 12.4 Å². The number of nitrogens with two attached hydrogens (primary N) is 1. The van der Waals surface area contributed by atoms with Crippen molar-refractivity contribution in [2.75, 3.05) is 12.4 Å². The zero-order chi connectivity index (χ0) is 12.4. The van der Waals surface area contributed by atoms with E-state index in [4.69, 9.17) is 17.3 Å². The molecular formula is C9H13Cl2N7. The minimum atomic E-state index is -0.274. The van der Waals surface area contributed by atoms with Crippen LogP contribution in [0.5, 0.6) is 0 Å². The van der Waals surface area contributed by atoms with Crippen molar-refractivity contribution in [3.8, 4) is 5.95 Å². The first kappa shape index (κ1) is 14.6. The van der Waals surface area contributed by atoms with Gasteiger partial charge in [0.15, 0.2) is 5.82 Å². The Morgan fingerprint density at radius 3 is 2.50 bits per heavy atom. The highest BCUT2D eigenvalue weighted by Gasteiger charge is 2.15. The zero-order valence-electron chi connectivity index (χ0n) is 9.83. The van der Waals surface area contributed by atoms with Gasteiger partial charge in [0.2, 0.25) is 5.95 Å². The minimum absolute atomic E-state index is 0. The predicted octanol–water partition coefficient (Wildman–Crippen LogP) is 1.19. The molecule has 0 unspecified atom stereocenters. The van der Waals surface area contributed by atoms with E-state index in [1.165, 1.54) is 17.1 Å². The normalized spacial score (nSPS) is 11.8. The monoisotopic (exact) mass is 289 g/mol. The molecule has 0 radical (unpaired) electrons. The van der Waals surface area contributed by atoms with Crippen LogP contribution in [0.4, 0.5) is 5.95 Å². The van der Waals surface area contributed by atoms with E-state index in [0.29, 0.717) is 22.7 Å². The molecule has 0 fully saturated rings. The molecule has 0 amide bonds. The van der Waals surface area contributed by atoms with E-state index >= 15 is 0 Å². The van der Waals surface area contributed by atoms with E-state index < -0.39 is 0 Å². The highest BCUT2D eigenvalue weighted by Crippen LogP contribution is 2.14. The molecule has 2 heterocycles. The summed E-state index contributed by atoms with van der Waals surface area (Å²) in [6.07, 6.45) is 2.99. The molecule has 9 heteroatoms. The second-order valence-electron chi connectivity index (χ2n) is 3.45. The molecule has 2 aromatic rings. The van der Waals surface area contributed by atoms with Gasteiger partial charge in [0.05, 0.1) is 23.5 Å². The summed E-state index contributed by atoms with van der Waals surface area (Å²) in [5.41, 5.74) is 5.82. The fourth-order valence-corrected chi connectivity index (χ4v) is 1.38. The van der Waals surface area contributed by atoms with Gasteiger partial charge in [-0.25, -0.2) is 9.97 Å². The average molecular weight is 290 g/mol. The standard InChI is InChI=1S/C9H12ClN7.ClH/c1-5(11)7-15-8(12-2)16-17(7)9-13-3-6(10)4-14-9;/h3-5H,11H2,1-2H3,(H,12,16);1H/t5-;/m0./s1. The van der Waals surface area contributed by atoms with E-state index in [0.717, 1.165) is 0 Å². The third kappa shape index (κ3) is 2.87. The van der Waals surface area contributed by atoms with Gasteiger partial charge in [0.25, 0.3) is 5.95 Å². The number of rotatable bonds is 3. The highest BCUT2D eigenvalue weighted by atomic mass is 35.5. The van der Waals surface area contributed by atoms with E-state index in [9.17, 15) is 0 Å². The number of hydrogen-bond acceptors (Lipinski definition) is 6. The lowest BCUT2D eigenvalue weighted by Crippen LogP contribution is -2.15. The summed E-state index contributed by atoms with van der Waals surface area (Å²) >= 11 is 5.73. The molecule has 18 heavy (non-hydrogen) atoms. The van der Waals surface area contributed by atoms with Crippen LogP contribution in [0, 0.1) is 0 Å². The Morgan fingerprint density at radius 1 is 1.39 bits per heavy atom. The third-order valence-corrected chi connectivity index (χ3v) is 2.25. The first-order chi connectivity index (χ1) is 8.11. The molecule has 0 spiro atoms. The number of hydrogen-bond donors (Lipinski definition) is 2. The maximum Gasteiger partial charge on any atom is 0.252 e. The van der Waals surface area contributed by atoms with E-state index in [2.05, 4.69) is 25.4 Å². The number of nitrogens with zero attached hydrogens (tertiary/aromatic N) is 5. The molecule has 7 nitrogen and oxygen atoms in total. The summed E-state index contributed by atoms with van der Waals surface area (Å²) < 4.78 is 1.49. The van der Waals surface area contributed by atoms with Crippen LogP contribution in [0.3, 0.4) is 0 Å². The number of nitrogens with one attached hydrogen (secondary N) is 1. The first-order valence-corrected chi connectivity index (χ1v) is 5.38. The maximum absolute atomic E-state index is 5.82. The van der Waals surface area contributed by atoms with Crippen molar-refractivity contribution in [2.45, 2.75) is 13.0 Å². The Balaban J connectivity index is 0.00000162. The van der Waals surface area contributed by atoms with Crippen LogP contribution in [0.2, 0.25) is 5.02 Å². The summed E-state index contributed by atoms with van der Waals surface area (Å²) in [5.74, 6) is 1.43. The van der Waals surface area contributed by atoms with E-state index in [-0.39, 0.29) is 18.4 Å². The summed E-state index contributed by atoms with van der Waals surface area (Å²) in [7, 11) is 1.73. The second kappa shape index (κ2) is 5.94. The molecular weight excluding hydrogens is 277 g/mol. The quantitative estimate of drug-likeness (QED) is 0.881. The van der Waals surface area contributed by atoms with Crippen molar-refractivity contribution < 1.29 is 0 Å². The SMILES string of the molecule is CNc1nc([C@H](C)N)n(-c2ncc(Cl)cn2)n1.Cl. The lowest BCUT2D eigenvalue weighted by atomic mass is 10.3. The fraction of sp³-hybridized carbons (Fsp3) is 0.333. The summed E-state index contributed by atoms with van der Waals surface area (Å²) in [4.78, 5) is 12.4. The molecule has 0 aliphatic rings.